The van der Waals surface area contributed by atoms with Gasteiger partial charge >= 0.3 is 0 Å². The van der Waals surface area contributed by atoms with Gasteiger partial charge in [-0.1, -0.05) is 6.07 Å². The van der Waals surface area contributed by atoms with Crippen LogP contribution in [0.15, 0.2) is 18.2 Å². The maximum absolute atomic E-state index is 11.7. The first-order valence-electron chi connectivity index (χ1n) is 5.20. The molecule has 1 spiro atoms. The van der Waals surface area contributed by atoms with Crippen LogP contribution in [0.3, 0.4) is 0 Å². The summed E-state index contributed by atoms with van der Waals surface area (Å²) < 4.78 is 0. The van der Waals surface area contributed by atoms with Crippen molar-refractivity contribution < 1.29 is 9.72 Å². The third-order valence-corrected chi connectivity index (χ3v) is 3.44. The van der Waals surface area contributed by atoms with Gasteiger partial charge in [0, 0.05) is 18.7 Å². The maximum atomic E-state index is 11.7. The number of nitro benzene ring substituents is 1. The minimum Gasteiger partial charge on any atom is -0.351 e. The van der Waals surface area contributed by atoms with E-state index in [1.807, 2.05) is 0 Å². The van der Waals surface area contributed by atoms with Crippen molar-refractivity contribution in [2.45, 2.75) is 24.8 Å². The summed E-state index contributed by atoms with van der Waals surface area (Å²) in [5, 5.41) is 13.4. The van der Waals surface area contributed by atoms with Crippen molar-refractivity contribution in [1.29, 1.82) is 0 Å². The number of non-ortho nitro benzene ring substituents is 1. The number of carbonyl (C=O) groups excluding carboxylic acids is 1. The molecule has 1 fully saturated rings. The van der Waals surface area contributed by atoms with E-state index in [4.69, 9.17) is 0 Å². The predicted octanol–water partition coefficient (Wildman–Crippen LogP) is 1.26. The summed E-state index contributed by atoms with van der Waals surface area (Å²) in [6.45, 7) is 0.400. The van der Waals surface area contributed by atoms with Crippen LogP contribution in [0.1, 0.15) is 24.0 Å². The van der Waals surface area contributed by atoms with Crippen LogP contribution < -0.4 is 5.32 Å². The highest BCUT2D eigenvalue weighted by atomic mass is 16.6. The summed E-state index contributed by atoms with van der Waals surface area (Å²) in [5.41, 5.74) is 1.57. The van der Waals surface area contributed by atoms with Gasteiger partial charge in [-0.15, -0.1) is 0 Å². The lowest BCUT2D eigenvalue weighted by Crippen LogP contribution is -2.39. The molecule has 5 nitrogen and oxygen atoms in total. The van der Waals surface area contributed by atoms with Crippen molar-refractivity contribution in [3.8, 4) is 0 Å². The van der Waals surface area contributed by atoms with Gasteiger partial charge in [0.05, 0.1) is 10.3 Å². The summed E-state index contributed by atoms with van der Waals surface area (Å²) in [5.74, 6) is 0.0638. The molecular weight excluding hydrogens is 208 g/mol. The lowest BCUT2D eigenvalue weighted by atomic mass is 9.87. The third-order valence-electron chi connectivity index (χ3n) is 3.44. The molecule has 1 aliphatic heterocycles. The summed E-state index contributed by atoms with van der Waals surface area (Å²) in [7, 11) is 0. The number of hydrogen-bond donors (Lipinski definition) is 1. The predicted molar refractivity (Wildman–Crippen MR) is 55.9 cm³/mol. The van der Waals surface area contributed by atoms with Gasteiger partial charge in [0.1, 0.15) is 0 Å². The minimum atomic E-state index is -0.406. The van der Waals surface area contributed by atoms with E-state index in [2.05, 4.69) is 5.32 Å². The summed E-state index contributed by atoms with van der Waals surface area (Å²) in [6, 6.07) is 4.78. The summed E-state index contributed by atoms with van der Waals surface area (Å²) >= 11 is 0. The van der Waals surface area contributed by atoms with E-state index < -0.39 is 4.92 Å². The first-order chi connectivity index (χ1) is 7.63. The number of nitrogens with zero attached hydrogens (tertiary/aromatic N) is 1. The Morgan fingerprint density at radius 3 is 2.75 bits per heavy atom. The van der Waals surface area contributed by atoms with Crippen molar-refractivity contribution in [2.75, 3.05) is 0 Å². The van der Waals surface area contributed by atoms with Gasteiger partial charge in [-0.3, -0.25) is 14.9 Å². The van der Waals surface area contributed by atoms with Crippen LogP contribution in [0.2, 0.25) is 0 Å². The van der Waals surface area contributed by atoms with Crippen LogP contribution in [0.4, 0.5) is 5.69 Å². The van der Waals surface area contributed by atoms with Gasteiger partial charge < -0.3 is 5.32 Å². The Morgan fingerprint density at radius 2 is 2.12 bits per heavy atom. The molecule has 1 heterocycles. The standard InChI is InChI=1S/C11H10N2O3/c14-10-11(3-4-11)9-2-1-8(13(15)16)5-7(9)6-12-10/h1-2,5H,3-4,6H2,(H,12,14). The Labute approximate surface area is 91.6 Å². The van der Waals surface area contributed by atoms with Gasteiger partial charge in [0.2, 0.25) is 5.91 Å². The summed E-state index contributed by atoms with van der Waals surface area (Å²) in [4.78, 5) is 22.0. The second kappa shape index (κ2) is 2.81. The number of nitro groups is 1. The fourth-order valence-electron chi connectivity index (χ4n) is 2.40. The van der Waals surface area contributed by atoms with E-state index in [9.17, 15) is 14.9 Å². The van der Waals surface area contributed by atoms with Gasteiger partial charge in [0.15, 0.2) is 0 Å². The zero-order valence-electron chi connectivity index (χ0n) is 8.53. The maximum Gasteiger partial charge on any atom is 0.269 e. The molecule has 0 radical (unpaired) electrons. The molecule has 1 amide bonds. The molecular formula is C11H10N2O3. The number of benzene rings is 1. The topological polar surface area (TPSA) is 72.2 Å². The molecule has 1 aliphatic carbocycles. The Balaban J connectivity index is 2.12. The van der Waals surface area contributed by atoms with E-state index in [1.165, 1.54) is 6.07 Å². The highest BCUT2D eigenvalue weighted by molar-refractivity contribution is 5.93. The van der Waals surface area contributed by atoms with E-state index in [-0.39, 0.29) is 17.0 Å². The average Bonchev–Trinajstić information content (AvgIpc) is 3.05. The van der Waals surface area contributed by atoms with Crippen LogP contribution in [0.25, 0.3) is 0 Å². The monoisotopic (exact) mass is 218 g/mol. The molecule has 0 unspecified atom stereocenters. The molecule has 2 aliphatic rings. The van der Waals surface area contributed by atoms with Gasteiger partial charge in [0.25, 0.3) is 5.69 Å². The minimum absolute atomic E-state index is 0.0638. The van der Waals surface area contributed by atoms with E-state index in [0.29, 0.717) is 6.54 Å². The number of fused-ring (bicyclic) bond motifs is 2. The Hall–Kier alpha value is -1.91. The zero-order valence-corrected chi connectivity index (χ0v) is 8.53. The molecule has 5 heteroatoms. The molecule has 0 saturated heterocycles. The normalized spacial score (nSPS) is 20.1. The zero-order chi connectivity index (χ0) is 11.3. The molecule has 0 aromatic heterocycles. The number of nitrogens with one attached hydrogen (secondary N) is 1. The number of amides is 1. The van der Waals surface area contributed by atoms with Crippen molar-refractivity contribution in [3.05, 3.63) is 39.4 Å². The lowest BCUT2D eigenvalue weighted by Gasteiger charge is -2.24. The smallest absolute Gasteiger partial charge is 0.269 e. The molecule has 1 saturated carbocycles. The molecule has 3 rings (SSSR count). The molecule has 0 atom stereocenters. The quantitative estimate of drug-likeness (QED) is 0.569. The van der Waals surface area contributed by atoms with Crippen LogP contribution in [-0.4, -0.2) is 10.8 Å². The second-order valence-corrected chi connectivity index (χ2v) is 4.36. The molecule has 82 valence electrons. The summed E-state index contributed by atoms with van der Waals surface area (Å²) in [6.07, 6.45) is 1.70. The molecule has 1 N–H and O–H groups in total. The first-order valence-corrected chi connectivity index (χ1v) is 5.20. The van der Waals surface area contributed by atoms with Crippen LogP contribution >= 0.6 is 0 Å². The van der Waals surface area contributed by atoms with Crippen molar-refractivity contribution in [3.63, 3.8) is 0 Å². The molecule has 1 aromatic carbocycles. The Morgan fingerprint density at radius 1 is 1.38 bits per heavy atom. The number of hydrogen-bond acceptors (Lipinski definition) is 3. The first kappa shape index (κ1) is 9.33. The van der Waals surface area contributed by atoms with E-state index in [0.717, 1.165) is 24.0 Å². The fourth-order valence-corrected chi connectivity index (χ4v) is 2.40. The number of rotatable bonds is 1. The average molecular weight is 218 g/mol. The SMILES string of the molecule is O=C1NCc2cc([N+](=O)[O-])ccc2C12CC2. The highest BCUT2D eigenvalue weighted by Gasteiger charge is 2.54. The largest absolute Gasteiger partial charge is 0.351 e. The van der Waals surface area contributed by atoms with Crippen molar-refractivity contribution >= 4 is 11.6 Å². The molecule has 16 heavy (non-hydrogen) atoms. The van der Waals surface area contributed by atoms with E-state index >= 15 is 0 Å². The van der Waals surface area contributed by atoms with Crippen molar-refractivity contribution in [1.82, 2.24) is 5.32 Å². The van der Waals surface area contributed by atoms with E-state index in [1.54, 1.807) is 12.1 Å². The van der Waals surface area contributed by atoms with Gasteiger partial charge in [-0.25, -0.2) is 0 Å². The Bertz CT molecular complexity index is 506. The highest BCUT2D eigenvalue weighted by Crippen LogP contribution is 2.51. The fraction of sp³-hybridized carbons (Fsp3) is 0.364. The van der Waals surface area contributed by atoms with Crippen LogP contribution in [-0.2, 0) is 16.8 Å². The third kappa shape index (κ3) is 1.08. The number of carbonyl (C=O) groups is 1. The molecule has 1 aromatic rings. The lowest BCUT2D eigenvalue weighted by molar-refractivity contribution is -0.384. The van der Waals surface area contributed by atoms with Gasteiger partial charge in [-0.05, 0) is 24.0 Å². The van der Waals surface area contributed by atoms with Gasteiger partial charge in [-0.2, -0.15) is 0 Å². The Kier molecular flexibility index (Phi) is 1.64. The van der Waals surface area contributed by atoms with Crippen molar-refractivity contribution in [2.24, 2.45) is 0 Å². The van der Waals surface area contributed by atoms with Crippen LogP contribution in [0, 0.1) is 10.1 Å². The van der Waals surface area contributed by atoms with Crippen LogP contribution in [0.5, 0.6) is 0 Å². The molecule has 0 bridgehead atoms. The second-order valence-electron chi connectivity index (χ2n) is 4.36.